The van der Waals surface area contributed by atoms with E-state index < -0.39 is 0 Å². The molecular weight excluding hydrogens is 284 g/mol. The molecule has 0 atom stereocenters. The number of fused-ring (bicyclic) bond motifs is 1. The lowest BCUT2D eigenvalue weighted by atomic mass is 10.1. The summed E-state index contributed by atoms with van der Waals surface area (Å²) in [7, 11) is 0. The van der Waals surface area contributed by atoms with Crippen LogP contribution in [-0.4, -0.2) is 16.1 Å². The van der Waals surface area contributed by atoms with E-state index >= 15 is 0 Å². The first-order chi connectivity index (χ1) is 11.1. The molecule has 2 aromatic carbocycles. The van der Waals surface area contributed by atoms with Crippen LogP contribution in [0.4, 0.5) is 0 Å². The molecule has 0 fully saturated rings. The maximum atomic E-state index is 8.92. The minimum atomic E-state index is 0.578. The fraction of sp³-hybridized carbons (Fsp3) is 0.263. The molecule has 1 aromatic heterocycles. The summed E-state index contributed by atoms with van der Waals surface area (Å²) in [5, 5.41) is 8.92. The van der Waals surface area contributed by atoms with Gasteiger partial charge in [0.1, 0.15) is 5.82 Å². The fourth-order valence-corrected chi connectivity index (χ4v) is 2.79. The molecule has 0 saturated heterocycles. The number of nitrogens with zero attached hydrogens (tertiary/aromatic N) is 3. The van der Waals surface area contributed by atoms with Crippen molar-refractivity contribution in [2.24, 2.45) is 5.73 Å². The summed E-state index contributed by atoms with van der Waals surface area (Å²) in [6.45, 7) is 5.54. The lowest BCUT2D eigenvalue weighted by Gasteiger charge is -2.10. The van der Waals surface area contributed by atoms with Gasteiger partial charge in [-0.05, 0) is 61.3 Å². The molecule has 0 bridgehead atoms. The molecule has 1 heterocycles. The van der Waals surface area contributed by atoms with Crippen LogP contribution in [0.15, 0.2) is 36.4 Å². The zero-order valence-corrected chi connectivity index (χ0v) is 13.5. The molecule has 3 aromatic rings. The average molecular weight is 304 g/mol. The zero-order valence-electron chi connectivity index (χ0n) is 13.5. The third kappa shape index (κ3) is 2.96. The number of hydrogen-bond acceptors (Lipinski definition) is 3. The van der Waals surface area contributed by atoms with Crippen molar-refractivity contribution in [3.63, 3.8) is 0 Å². The smallest absolute Gasteiger partial charge is 0.111 e. The normalized spacial score (nSPS) is 10.9. The van der Waals surface area contributed by atoms with E-state index in [1.807, 2.05) is 24.3 Å². The monoisotopic (exact) mass is 304 g/mol. The first kappa shape index (κ1) is 15.3. The first-order valence-corrected chi connectivity index (χ1v) is 7.78. The molecule has 0 aliphatic rings. The Balaban J connectivity index is 2.07. The molecule has 23 heavy (non-hydrogen) atoms. The third-order valence-corrected chi connectivity index (χ3v) is 4.23. The van der Waals surface area contributed by atoms with E-state index in [1.165, 1.54) is 11.1 Å². The number of aromatic nitrogens is 2. The molecule has 0 amide bonds. The van der Waals surface area contributed by atoms with Crippen molar-refractivity contribution in [2.75, 3.05) is 6.54 Å². The van der Waals surface area contributed by atoms with Crippen molar-refractivity contribution in [1.29, 1.82) is 5.26 Å². The number of imidazole rings is 1. The first-order valence-electron chi connectivity index (χ1n) is 7.78. The lowest BCUT2D eigenvalue weighted by molar-refractivity contribution is 0.734. The highest BCUT2D eigenvalue weighted by atomic mass is 15.1. The molecule has 0 aliphatic carbocycles. The summed E-state index contributed by atoms with van der Waals surface area (Å²) in [5.41, 5.74) is 12.3. The second-order valence-corrected chi connectivity index (χ2v) is 5.89. The van der Waals surface area contributed by atoms with Crippen LogP contribution in [0.2, 0.25) is 0 Å². The SMILES string of the molecule is Cc1cc2nc(CCN)n(Cc3ccc(C#N)cc3)c2cc1C. The number of rotatable bonds is 4. The van der Waals surface area contributed by atoms with Crippen LogP contribution in [0.1, 0.15) is 28.1 Å². The van der Waals surface area contributed by atoms with Crippen LogP contribution in [0.5, 0.6) is 0 Å². The average Bonchev–Trinajstić information content (AvgIpc) is 2.86. The van der Waals surface area contributed by atoms with Crippen molar-refractivity contribution in [2.45, 2.75) is 26.8 Å². The van der Waals surface area contributed by atoms with Gasteiger partial charge in [0.05, 0.1) is 22.7 Å². The van der Waals surface area contributed by atoms with Crippen LogP contribution in [0.3, 0.4) is 0 Å². The van der Waals surface area contributed by atoms with E-state index in [9.17, 15) is 0 Å². The van der Waals surface area contributed by atoms with E-state index in [0.717, 1.165) is 35.4 Å². The Kier molecular flexibility index (Phi) is 4.14. The molecule has 0 aliphatic heterocycles. The Morgan fingerprint density at radius 2 is 1.83 bits per heavy atom. The Hall–Kier alpha value is -2.64. The van der Waals surface area contributed by atoms with Gasteiger partial charge >= 0.3 is 0 Å². The Morgan fingerprint density at radius 1 is 1.13 bits per heavy atom. The fourth-order valence-electron chi connectivity index (χ4n) is 2.79. The number of aryl methyl sites for hydroxylation is 2. The van der Waals surface area contributed by atoms with Crippen LogP contribution in [-0.2, 0) is 13.0 Å². The minimum Gasteiger partial charge on any atom is -0.330 e. The highest BCUT2D eigenvalue weighted by Gasteiger charge is 2.12. The molecule has 0 unspecified atom stereocenters. The number of nitrogens with two attached hydrogens (primary N) is 1. The third-order valence-electron chi connectivity index (χ3n) is 4.23. The van der Waals surface area contributed by atoms with Gasteiger partial charge in [-0.1, -0.05) is 12.1 Å². The van der Waals surface area contributed by atoms with Gasteiger partial charge < -0.3 is 10.3 Å². The minimum absolute atomic E-state index is 0.578. The summed E-state index contributed by atoms with van der Waals surface area (Å²) >= 11 is 0. The molecular formula is C19H20N4. The second kappa shape index (κ2) is 6.23. The van der Waals surface area contributed by atoms with Gasteiger partial charge in [-0.2, -0.15) is 5.26 Å². The summed E-state index contributed by atoms with van der Waals surface area (Å²) in [6, 6.07) is 14.2. The molecule has 3 rings (SSSR count). The maximum Gasteiger partial charge on any atom is 0.111 e. The number of hydrogen-bond donors (Lipinski definition) is 1. The quantitative estimate of drug-likeness (QED) is 0.805. The largest absolute Gasteiger partial charge is 0.330 e. The summed E-state index contributed by atoms with van der Waals surface area (Å²) in [6.07, 6.45) is 0.753. The Labute approximate surface area is 136 Å². The predicted molar refractivity (Wildman–Crippen MR) is 92.2 cm³/mol. The summed E-state index contributed by atoms with van der Waals surface area (Å²) < 4.78 is 2.23. The standard InChI is InChI=1S/C19H20N4/c1-13-9-17-18(10-14(13)2)23(19(22-17)7-8-20)12-16-5-3-15(11-21)4-6-16/h3-6,9-10H,7-8,12,20H2,1-2H3. The van der Waals surface area contributed by atoms with Gasteiger partial charge in [-0.3, -0.25) is 0 Å². The van der Waals surface area contributed by atoms with Gasteiger partial charge in [-0.15, -0.1) is 0 Å². The van der Waals surface area contributed by atoms with Crippen molar-refractivity contribution >= 4 is 11.0 Å². The van der Waals surface area contributed by atoms with Gasteiger partial charge in [0.15, 0.2) is 0 Å². The predicted octanol–water partition coefficient (Wildman–Crippen LogP) is 3.07. The van der Waals surface area contributed by atoms with Gasteiger partial charge in [0, 0.05) is 13.0 Å². The number of nitriles is 1. The van der Waals surface area contributed by atoms with Crippen molar-refractivity contribution in [3.8, 4) is 6.07 Å². The molecule has 2 N–H and O–H groups in total. The van der Waals surface area contributed by atoms with Gasteiger partial charge in [0.25, 0.3) is 0 Å². The van der Waals surface area contributed by atoms with Gasteiger partial charge in [-0.25, -0.2) is 4.98 Å². The Morgan fingerprint density at radius 3 is 2.48 bits per heavy atom. The molecule has 4 heteroatoms. The zero-order chi connectivity index (χ0) is 16.4. The molecule has 116 valence electrons. The van der Waals surface area contributed by atoms with Crippen LogP contribution < -0.4 is 5.73 Å². The van der Waals surface area contributed by atoms with E-state index in [4.69, 9.17) is 16.0 Å². The molecule has 0 radical (unpaired) electrons. The second-order valence-electron chi connectivity index (χ2n) is 5.89. The number of benzene rings is 2. The summed E-state index contributed by atoms with van der Waals surface area (Å²) in [5.74, 6) is 1.01. The lowest BCUT2D eigenvalue weighted by Crippen LogP contribution is -2.11. The van der Waals surface area contributed by atoms with E-state index in [1.54, 1.807) is 0 Å². The van der Waals surface area contributed by atoms with E-state index in [-0.39, 0.29) is 0 Å². The van der Waals surface area contributed by atoms with E-state index in [2.05, 4.69) is 36.6 Å². The van der Waals surface area contributed by atoms with Crippen molar-refractivity contribution < 1.29 is 0 Å². The molecule has 4 nitrogen and oxygen atoms in total. The maximum absolute atomic E-state index is 8.92. The topological polar surface area (TPSA) is 67.6 Å². The molecule has 0 spiro atoms. The summed E-state index contributed by atoms with van der Waals surface area (Å²) in [4.78, 5) is 4.76. The van der Waals surface area contributed by atoms with Crippen LogP contribution in [0, 0.1) is 25.2 Å². The molecule has 0 saturated carbocycles. The van der Waals surface area contributed by atoms with Crippen LogP contribution >= 0.6 is 0 Å². The van der Waals surface area contributed by atoms with Crippen LogP contribution in [0.25, 0.3) is 11.0 Å². The Bertz CT molecular complexity index is 882. The highest BCUT2D eigenvalue weighted by molar-refractivity contribution is 5.78. The van der Waals surface area contributed by atoms with E-state index in [0.29, 0.717) is 12.1 Å². The highest BCUT2D eigenvalue weighted by Crippen LogP contribution is 2.22. The van der Waals surface area contributed by atoms with Crippen molar-refractivity contribution in [3.05, 3.63) is 64.5 Å². The van der Waals surface area contributed by atoms with Gasteiger partial charge in [0.2, 0.25) is 0 Å². The van der Waals surface area contributed by atoms with Crippen molar-refractivity contribution in [1.82, 2.24) is 9.55 Å².